The van der Waals surface area contributed by atoms with Crippen LogP contribution in [0, 0.1) is 0 Å². The average molecular weight is 410 g/mol. The smallest absolute Gasteiger partial charge is 0.348 e. The maximum atomic E-state index is 6.49. The van der Waals surface area contributed by atoms with Crippen LogP contribution in [0.3, 0.4) is 0 Å². The SMILES string of the molecule is CCCCCC[Si](I)(Oc1ccccc1)c1ccccc1. The van der Waals surface area contributed by atoms with Crippen molar-refractivity contribution in [3.8, 4) is 5.75 Å². The molecule has 1 atom stereocenters. The van der Waals surface area contributed by atoms with E-state index in [4.69, 9.17) is 4.43 Å². The molecule has 3 heteroatoms. The lowest BCUT2D eigenvalue weighted by atomic mass is 10.2. The van der Waals surface area contributed by atoms with Gasteiger partial charge in [-0.25, -0.2) is 0 Å². The summed E-state index contributed by atoms with van der Waals surface area (Å²) in [6.07, 6.45) is 5.16. The summed E-state index contributed by atoms with van der Waals surface area (Å²) < 4.78 is 6.49. The Bertz CT molecular complexity index is 517. The lowest BCUT2D eigenvalue weighted by molar-refractivity contribution is 0.565. The van der Waals surface area contributed by atoms with Gasteiger partial charge < -0.3 is 4.43 Å². The van der Waals surface area contributed by atoms with Crippen LogP contribution in [-0.2, 0) is 0 Å². The Morgan fingerprint density at radius 3 is 2.10 bits per heavy atom. The summed E-state index contributed by atoms with van der Waals surface area (Å²) in [6, 6.07) is 22.2. The Hall–Kier alpha value is -0.813. The highest BCUT2D eigenvalue weighted by Gasteiger charge is 2.35. The fourth-order valence-electron chi connectivity index (χ4n) is 2.40. The molecule has 0 spiro atoms. The zero-order chi connectivity index (χ0) is 15.0. The summed E-state index contributed by atoms with van der Waals surface area (Å²) in [6.45, 7) is 2.26. The average Bonchev–Trinajstić information content (AvgIpc) is 2.53. The third kappa shape index (κ3) is 5.15. The molecule has 0 radical (unpaired) electrons. The summed E-state index contributed by atoms with van der Waals surface area (Å²) in [7, 11) is 0. The van der Waals surface area contributed by atoms with E-state index in [-0.39, 0.29) is 0 Å². The first-order chi connectivity index (χ1) is 10.2. The maximum absolute atomic E-state index is 6.49. The zero-order valence-corrected chi connectivity index (χ0v) is 15.8. The Balaban J connectivity index is 2.13. The summed E-state index contributed by atoms with van der Waals surface area (Å²) in [5, 5.41) is 1.38. The van der Waals surface area contributed by atoms with E-state index in [9.17, 15) is 0 Å². The number of unbranched alkanes of at least 4 members (excludes halogenated alkanes) is 3. The van der Waals surface area contributed by atoms with Crippen molar-refractivity contribution in [1.82, 2.24) is 0 Å². The van der Waals surface area contributed by atoms with E-state index in [0.717, 1.165) is 5.75 Å². The molecule has 0 amide bonds. The summed E-state index contributed by atoms with van der Waals surface area (Å²) in [4.78, 5) is 0. The van der Waals surface area contributed by atoms with Crippen LogP contribution >= 0.6 is 21.8 Å². The first-order valence-electron chi connectivity index (χ1n) is 7.73. The molecule has 0 aliphatic heterocycles. The van der Waals surface area contributed by atoms with Crippen LogP contribution in [0.15, 0.2) is 60.7 Å². The van der Waals surface area contributed by atoms with Crippen molar-refractivity contribution in [2.45, 2.75) is 38.7 Å². The Kier molecular flexibility index (Phi) is 6.77. The van der Waals surface area contributed by atoms with E-state index >= 15 is 0 Å². The van der Waals surface area contributed by atoms with Gasteiger partial charge in [-0.2, -0.15) is 0 Å². The molecule has 0 heterocycles. The van der Waals surface area contributed by atoms with Gasteiger partial charge in [0.05, 0.1) is 0 Å². The minimum absolute atomic E-state index is 0.998. The van der Waals surface area contributed by atoms with Gasteiger partial charge in [-0.1, -0.05) is 103 Å². The molecule has 2 rings (SSSR count). The Labute approximate surface area is 142 Å². The number of rotatable bonds is 8. The Morgan fingerprint density at radius 2 is 1.48 bits per heavy atom. The minimum atomic E-state index is -1.95. The molecule has 0 aliphatic rings. The van der Waals surface area contributed by atoms with Crippen molar-refractivity contribution in [1.29, 1.82) is 0 Å². The third-order valence-electron chi connectivity index (χ3n) is 3.58. The largest absolute Gasteiger partial charge is 0.530 e. The molecule has 0 N–H and O–H groups in total. The van der Waals surface area contributed by atoms with Gasteiger partial charge in [0.1, 0.15) is 5.75 Å². The quantitative estimate of drug-likeness (QED) is 0.244. The molecule has 2 aromatic carbocycles. The van der Waals surface area contributed by atoms with Gasteiger partial charge in [0.2, 0.25) is 0 Å². The molecule has 0 saturated heterocycles. The second-order valence-corrected chi connectivity index (χ2v) is 13.3. The van der Waals surface area contributed by atoms with Crippen LogP contribution in [0.25, 0.3) is 0 Å². The molecule has 1 nitrogen and oxygen atoms in total. The number of halogens is 1. The van der Waals surface area contributed by atoms with Gasteiger partial charge in [0, 0.05) is 0 Å². The number of hydrogen-bond acceptors (Lipinski definition) is 1. The van der Waals surface area contributed by atoms with E-state index in [0.29, 0.717) is 0 Å². The normalized spacial score (nSPS) is 13.6. The van der Waals surface area contributed by atoms with Crippen molar-refractivity contribution in [3.63, 3.8) is 0 Å². The van der Waals surface area contributed by atoms with Gasteiger partial charge in [0.15, 0.2) is 0 Å². The monoisotopic (exact) mass is 410 g/mol. The maximum Gasteiger partial charge on any atom is 0.348 e. The van der Waals surface area contributed by atoms with Crippen molar-refractivity contribution in [3.05, 3.63) is 60.7 Å². The van der Waals surface area contributed by atoms with Crippen LogP contribution < -0.4 is 9.61 Å². The predicted octanol–water partition coefficient (Wildman–Crippen LogP) is 5.43. The fraction of sp³-hybridized carbons (Fsp3) is 0.333. The highest BCUT2D eigenvalue weighted by molar-refractivity contribution is 14.1. The van der Waals surface area contributed by atoms with Gasteiger partial charge in [0.25, 0.3) is 0 Å². The van der Waals surface area contributed by atoms with E-state index in [1.165, 1.54) is 36.9 Å². The number of para-hydroxylation sites is 1. The molecule has 1 unspecified atom stereocenters. The summed E-state index contributed by atoms with van der Waals surface area (Å²) >= 11 is 2.61. The van der Waals surface area contributed by atoms with E-state index in [1.54, 1.807) is 0 Å². The molecular weight excluding hydrogens is 387 g/mol. The molecular formula is C18H23IOSi. The van der Waals surface area contributed by atoms with E-state index < -0.39 is 5.81 Å². The molecule has 0 bridgehead atoms. The molecule has 0 fully saturated rings. The van der Waals surface area contributed by atoms with Gasteiger partial charge in [-0.3, -0.25) is 0 Å². The first kappa shape index (κ1) is 16.6. The molecule has 21 heavy (non-hydrogen) atoms. The fourth-order valence-corrected chi connectivity index (χ4v) is 7.79. The Morgan fingerprint density at radius 1 is 0.857 bits per heavy atom. The van der Waals surface area contributed by atoms with Gasteiger partial charge in [-0.05, 0) is 23.4 Å². The van der Waals surface area contributed by atoms with Crippen molar-refractivity contribution >= 4 is 32.8 Å². The summed E-state index contributed by atoms with van der Waals surface area (Å²) in [5.41, 5.74) is 0. The summed E-state index contributed by atoms with van der Waals surface area (Å²) in [5.74, 6) is -0.948. The minimum Gasteiger partial charge on any atom is -0.530 e. The molecule has 2 aromatic rings. The third-order valence-corrected chi connectivity index (χ3v) is 10.5. The van der Waals surface area contributed by atoms with Crippen LogP contribution in [0.2, 0.25) is 6.04 Å². The standard InChI is InChI=1S/C18H23IOSi/c1-2-3-4-11-16-21(19,18-14-9-6-10-15-18)20-17-12-7-5-8-13-17/h5-10,12-15H,2-4,11,16H2,1H3. The van der Waals surface area contributed by atoms with Gasteiger partial charge in [-0.15, -0.1) is 0 Å². The van der Waals surface area contributed by atoms with Crippen molar-refractivity contribution in [2.24, 2.45) is 0 Å². The number of benzene rings is 2. The molecule has 0 aliphatic carbocycles. The van der Waals surface area contributed by atoms with Crippen LogP contribution in [0.1, 0.15) is 32.6 Å². The lowest BCUT2D eigenvalue weighted by Crippen LogP contribution is -2.47. The molecule has 0 saturated carbocycles. The van der Waals surface area contributed by atoms with Gasteiger partial charge >= 0.3 is 5.81 Å². The topological polar surface area (TPSA) is 9.23 Å². The second-order valence-electron chi connectivity index (χ2n) is 5.32. The second kappa shape index (κ2) is 8.59. The van der Waals surface area contributed by atoms with Crippen molar-refractivity contribution in [2.75, 3.05) is 0 Å². The molecule has 0 aromatic heterocycles. The zero-order valence-electron chi connectivity index (χ0n) is 12.6. The van der Waals surface area contributed by atoms with Crippen LogP contribution in [0.5, 0.6) is 5.75 Å². The van der Waals surface area contributed by atoms with Crippen LogP contribution in [-0.4, -0.2) is 5.81 Å². The number of hydrogen-bond donors (Lipinski definition) is 0. The predicted molar refractivity (Wildman–Crippen MR) is 102 cm³/mol. The van der Waals surface area contributed by atoms with E-state index in [1.807, 2.05) is 18.2 Å². The highest BCUT2D eigenvalue weighted by atomic mass is 127. The van der Waals surface area contributed by atoms with Crippen molar-refractivity contribution < 1.29 is 4.43 Å². The first-order valence-corrected chi connectivity index (χ1v) is 13.0. The van der Waals surface area contributed by atoms with E-state index in [2.05, 4.69) is 71.2 Å². The highest BCUT2D eigenvalue weighted by Crippen LogP contribution is 2.26. The lowest BCUT2D eigenvalue weighted by Gasteiger charge is -2.27. The van der Waals surface area contributed by atoms with Crippen LogP contribution in [0.4, 0.5) is 0 Å². The molecule has 112 valence electrons.